The lowest BCUT2D eigenvalue weighted by Crippen LogP contribution is -2.25. The summed E-state index contributed by atoms with van der Waals surface area (Å²) in [6, 6.07) is 1.71. The summed E-state index contributed by atoms with van der Waals surface area (Å²) < 4.78 is 0.779. The van der Waals surface area contributed by atoms with Crippen LogP contribution in [0, 0.1) is 18.3 Å². The van der Waals surface area contributed by atoms with Crippen molar-refractivity contribution in [3.8, 4) is 12.3 Å². The van der Waals surface area contributed by atoms with Crippen molar-refractivity contribution in [3.05, 3.63) is 21.8 Å². The number of carbonyl (C=O) groups excluding carboxylic acids is 1. The van der Waals surface area contributed by atoms with E-state index in [9.17, 15) is 4.79 Å². The van der Waals surface area contributed by atoms with Crippen molar-refractivity contribution >= 4 is 39.3 Å². The number of halogens is 2. The van der Waals surface area contributed by atoms with Crippen molar-refractivity contribution in [1.29, 1.82) is 0 Å². The fraction of sp³-hybridized carbons (Fsp3) is 0.273. The second-order valence-corrected chi connectivity index (χ2v) is 4.85. The highest BCUT2D eigenvalue weighted by molar-refractivity contribution is 9.10. The summed E-state index contributed by atoms with van der Waals surface area (Å²) in [7, 11) is 0. The summed E-state index contributed by atoms with van der Waals surface area (Å²) in [5.41, 5.74) is 0. The van der Waals surface area contributed by atoms with Crippen LogP contribution >= 0.6 is 27.5 Å². The van der Waals surface area contributed by atoms with Gasteiger partial charge in [0.2, 0.25) is 5.91 Å². The maximum Gasteiger partial charge on any atom is 0.229 e. The topological polar surface area (TPSA) is 33.2 Å². The third kappa shape index (κ3) is 2.06. The van der Waals surface area contributed by atoms with Crippen LogP contribution in [0.5, 0.6) is 0 Å². The van der Waals surface area contributed by atoms with E-state index < -0.39 is 0 Å². The van der Waals surface area contributed by atoms with Crippen LogP contribution in [-0.4, -0.2) is 17.4 Å². The first kappa shape index (κ1) is 11.4. The predicted octanol–water partition coefficient (Wildman–Crippen LogP) is 2.48. The molecule has 1 unspecified atom stereocenters. The highest BCUT2D eigenvalue weighted by Gasteiger charge is 2.31. The fourth-order valence-electron chi connectivity index (χ4n) is 1.63. The molecule has 0 aromatic carbocycles. The van der Waals surface area contributed by atoms with Gasteiger partial charge in [0.15, 0.2) is 5.82 Å². The molecule has 1 amide bonds. The normalized spacial score (nSPS) is 19.9. The van der Waals surface area contributed by atoms with Crippen LogP contribution < -0.4 is 4.90 Å². The number of aromatic nitrogens is 1. The summed E-state index contributed by atoms with van der Waals surface area (Å²) in [5.74, 6) is 2.99. The van der Waals surface area contributed by atoms with Gasteiger partial charge in [-0.3, -0.25) is 9.69 Å². The molecule has 1 aliphatic heterocycles. The molecule has 2 heterocycles. The molecule has 82 valence electrons. The summed E-state index contributed by atoms with van der Waals surface area (Å²) in [6.45, 7) is 0.490. The number of pyridine rings is 1. The molecular weight excluding hydrogens is 291 g/mol. The van der Waals surface area contributed by atoms with Gasteiger partial charge in [-0.15, -0.1) is 12.3 Å². The molecule has 0 aliphatic carbocycles. The largest absolute Gasteiger partial charge is 0.294 e. The average Bonchev–Trinajstić information content (AvgIpc) is 2.60. The van der Waals surface area contributed by atoms with Gasteiger partial charge in [0, 0.05) is 29.6 Å². The first-order chi connectivity index (χ1) is 7.61. The Bertz CT molecular complexity index is 483. The molecule has 2 rings (SSSR count). The van der Waals surface area contributed by atoms with Crippen molar-refractivity contribution < 1.29 is 4.79 Å². The standard InChI is InChI=1S/C11H8BrClN2O/c1-2-7-3-10(16)15(6-7)11-9(13)4-8(12)5-14-11/h1,4-5,7H,3,6H2. The van der Waals surface area contributed by atoms with Crippen LogP contribution in [0.1, 0.15) is 6.42 Å². The molecule has 3 nitrogen and oxygen atoms in total. The number of hydrogen-bond donors (Lipinski definition) is 0. The lowest BCUT2D eigenvalue weighted by atomic mass is 10.1. The second-order valence-electron chi connectivity index (χ2n) is 3.53. The molecule has 1 fully saturated rings. The van der Waals surface area contributed by atoms with E-state index in [0.29, 0.717) is 23.8 Å². The molecule has 0 spiro atoms. The quantitative estimate of drug-likeness (QED) is 0.747. The molecule has 0 saturated carbocycles. The Hall–Kier alpha value is -1.05. The molecule has 1 aromatic rings. The highest BCUT2D eigenvalue weighted by atomic mass is 79.9. The number of anilines is 1. The van der Waals surface area contributed by atoms with Gasteiger partial charge in [-0.1, -0.05) is 11.6 Å². The lowest BCUT2D eigenvalue weighted by molar-refractivity contribution is -0.117. The van der Waals surface area contributed by atoms with Gasteiger partial charge in [-0.05, 0) is 22.0 Å². The Morgan fingerprint density at radius 2 is 2.44 bits per heavy atom. The summed E-state index contributed by atoms with van der Waals surface area (Å²) in [4.78, 5) is 17.4. The summed E-state index contributed by atoms with van der Waals surface area (Å²) >= 11 is 9.29. The number of carbonyl (C=O) groups is 1. The minimum absolute atomic E-state index is 0.0281. The summed E-state index contributed by atoms with van der Waals surface area (Å²) in [5, 5.41) is 0.445. The van der Waals surface area contributed by atoms with Crippen LogP contribution in [0.2, 0.25) is 5.02 Å². The van der Waals surface area contributed by atoms with Crippen molar-refractivity contribution in [2.75, 3.05) is 11.4 Å². The number of amides is 1. The molecule has 5 heteroatoms. The van der Waals surface area contributed by atoms with Crippen molar-refractivity contribution in [1.82, 2.24) is 4.98 Å². The molecule has 16 heavy (non-hydrogen) atoms. The van der Waals surface area contributed by atoms with E-state index in [4.69, 9.17) is 18.0 Å². The van der Waals surface area contributed by atoms with E-state index >= 15 is 0 Å². The van der Waals surface area contributed by atoms with Crippen LogP contribution in [-0.2, 0) is 4.79 Å². The maximum atomic E-state index is 11.7. The van der Waals surface area contributed by atoms with E-state index in [0.717, 1.165) is 4.47 Å². The molecule has 0 N–H and O–H groups in total. The number of terminal acetylenes is 1. The minimum Gasteiger partial charge on any atom is -0.294 e. The van der Waals surface area contributed by atoms with Crippen LogP contribution in [0.25, 0.3) is 0 Å². The third-order valence-corrected chi connectivity index (χ3v) is 3.12. The smallest absolute Gasteiger partial charge is 0.229 e. The second kappa shape index (κ2) is 4.44. The van der Waals surface area contributed by atoms with Crippen molar-refractivity contribution in [2.45, 2.75) is 6.42 Å². The fourth-order valence-corrected chi connectivity index (χ4v) is 2.36. The Morgan fingerprint density at radius 1 is 1.69 bits per heavy atom. The SMILES string of the molecule is C#CC1CC(=O)N(c2ncc(Br)cc2Cl)C1. The van der Waals surface area contributed by atoms with Gasteiger partial charge in [-0.25, -0.2) is 4.98 Å². The number of hydrogen-bond acceptors (Lipinski definition) is 2. The van der Waals surface area contributed by atoms with Gasteiger partial charge in [-0.2, -0.15) is 0 Å². The zero-order valence-corrected chi connectivity index (χ0v) is 10.6. The van der Waals surface area contributed by atoms with Crippen LogP contribution in [0.15, 0.2) is 16.7 Å². The summed E-state index contributed by atoms with van der Waals surface area (Å²) in [6.07, 6.45) is 7.28. The van der Waals surface area contributed by atoms with E-state index in [1.165, 1.54) is 0 Å². The Labute approximate surface area is 107 Å². The van der Waals surface area contributed by atoms with E-state index in [2.05, 4.69) is 26.8 Å². The molecule has 0 radical (unpaired) electrons. The first-order valence-electron chi connectivity index (χ1n) is 4.69. The molecule has 1 aliphatic rings. The van der Waals surface area contributed by atoms with Crippen molar-refractivity contribution in [3.63, 3.8) is 0 Å². The third-order valence-electron chi connectivity index (χ3n) is 2.40. The average molecular weight is 300 g/mol. The van der Waals surface area contributed by atoms with Gasteiger partial charge in [0.1, 0.15) is 0 Å². The molecule has 1 aromatic heterocycles. The highest BCUT2D eigenvalue weighted by Crippen LogP contribution is 2.30. The maximum absolute atomic E-state index is 11.7. The molecular formula is C11H8BrClN2O. The molecule has 1 saturated heterocycles. The monoisotopic (exact) mass is 298 g/mol. The van der Waals surface area contributed by atoms with Gasteiger partial charge < -0.3 is 0 Å². The zero-order chi connectivity index (χ0) is 11.7. The Balaban J connectivity index is 2.32. The van der Waals surface area contributed by atoms with Crippen LogP contribution in [0.3, 0.4) is 0 Å². The Kier molecular flexibility index (Phi) is 3.17. The number of nitrogens with zero attached hydrogens (tertiary/aromatic N) is 2. The number of rotatable bonds is 1. The first-order valence-corrected chi connectivity index (χ1v) is 5.86. The van der Waals surface area contributed by atoms with Gasteiger partial charge in [0.25, 0.3) is 0 Å². The van der Waals surface area contributed by atoms with E-state index in [1.807, 2.05) is 0 Å². The van der Waals surface area contributed by atoms with Gasteiger partial charge >= 0.3 is 0 Å². The van der Waals surface area contributed by atoms with E-state index in [-0.39, 0.29) is 11.8 Å². The predicted molar refractivity (Wildman–Crippen MR) is 66.2 cm³/mol. The van der Waals surface area contributed by atoms with Crippen molar-refractivity contribution in [2.24, 2.45) is 5.92 Å². The van der Waals surface area contributed by atoms with Gasteiger partial charge in [0.05, 0.1) is 5.02 Å². The zero-order valence-electron chi connectivity index (χ0n) is 8.28. The molecule has 1 atom stereocenters. The van der Waals surface area contributed by atoms with E-state index in [1.54, 1.807) is 17.2 Å². The Morgan fingerprint density at radius 3 is 3.00 bits per heavy atom. The lowest BCUT2D eigenvalue weighted by Gasteiger charge is -2.15. The molecule has 0 bridgehead atoms. The minimum atomic E-state index is -0.0472. The van der Waals surface area contributed by atoms with Crippen LogP contribution in [0.4, 0.5) is 5.82 Å².